The number of hydrogen-bond acceptors (Lipinski definition) is 5. The molecule has 1 aromatic heterocycles. The summed E-state index contributed by atoms with van der Waals surface area (Å²) in [5.74, 6) is 1.31. The van der Waals surface area contributed by atoms with Crippen molar-refractivity contribution in [3.63, 3.8) is 0 Å². The van der Waals surface area contributed by atoms with E-state index in [0.29, 0.717) is 37.2 Å². The standard InChI is InChI=1S/C26H38N2O4S/c1-19(33-2)16-26(31)28(18-20-8-4-3-5-9-20)25(30)10-6-7-15-32-22-12-13-23-21(17-22)11-14-24(29)27-23/h11-14,17,19-20,26,31H,3-10,15-16,18H2,1-2H3,(H,27,29). The molecule has 6 nitrogen and oxygen atoms in total. The number of carbonyl (C=O) groups is 1. The van der Waals surface area contributed by atoms with E-state index in [1.807, 2.05) is 24.5 Å². The molecule has 0 saturated heterocycles. The molecule has 0 aliphatic heterocycles. The Morgan fingerprint density at radius 2 is 2.00 bits per heavy atom. The summed E-state index contributed by atoms with van der Waals surface area (Å²) < 4.78 is 5.85. The topological polar surface area (TPSA) is 82.6 Å². The number of thioether (sulfide) groups is 1. The molecule has 33 heavy (non-hydrogen) atoms. The minimum Gasteiger partial charge on any atom is -0.494 e. The maximum atomic E-state index is 13.0. The lowest BCUT2D eigenvalue weighted by atomic mass is 9.88. The number of nitrogens with one attached hydrogen (secondary N) is 1. The zero-order valence-corrected chi connectivity index (χ0v) is 20.7. The van der Waals surface area contributed by atoms with Gasteiger partial charge in [0.25, 0.3) is 0 Å². The van der Waals surface area contributed by atoms with Crippen molar-refractivity contribution >= 4 is 28.6 Å². The number of aromatic amines is 1. The zero-order chi connectivity index (χ0) is 23.6. The Kier molecular flexibility index (Phi) is 10.1. The van der Waals surface area contributed by atoms with Gasteiger partial charge in [-0.25, -0.2) is 0 Å². The largest absolute Gasteiger partial charge is 0.494 e. The molecule has 1 aliphatic rings. The average Bonchev–Trinajstić information content (AvgIpc) is 2.82. The SMILES string of the molecule is CSC(C)CC(O)N(CC1CCCCC1)C(=O)CCCCOc1ccc2[nH]c(=O)ccc2c1. The van der Waals surface area contributed by atoms with Gasteiger partial charge in [0, 0.05) is 41.6 Å². The molecule has 2 N–H and O–H groups in total. The second-order valence-electron chi connectivity index (χ2n) is 9.19. The Balaban J connectivity index is 1.47. The fourth-order valence-electron chi connectivity index (χ4n) is 4.49. The lowest BCUT2D eigenvalue weighted by molar-refractivity contribution is -0.143. The lowest BCUT2D eigenvalue weighted by Crippen LogP contribution is -2.44. The fraction of sp³-hybridized carbons (Fsp3) is 0.615. The normalized spacial score (nSPS) is 16.5. The first-order valence-corrected chi connectivity index (χ1v) is 13.5. The van der Waals surface area contributed by atoms with Gasteiger partial charge in [-0.05, 0) is 62.1 Å². The maximum absolute atomic E-state index is 13.0. The van der Waals surface area contributed by atoms with E-state index in [2.05, 4.69) is 11.9 Å². The lowest BCUT2D eigenvalue weighted by Gasteiger charge is -2.34. The highest BCUT2D eigenvalue weighted by Crippen LogP contribution is 2.26. The third kappa shape index (κ3) is 8.07. The van der Waals surface area contributed by atoms with Crippen LogP contribution in [0.5, 0.6) is 5.75 Å². The number of unbranched alkanes of at least 4 members (excludes halogenated alkanes) is 1. The molecule has 1 amide bonds. The molecule has 1 fully saturated rings. The first kappa shape index (κ1) is 25.6. The first-order chi connectivity index (χ1) is 16.0. The van der Waals surface area contributed by atoms with E-state index < -0.39 is 6.23 Å². The van der Waals surface area contributed by atoms with Crippen LogP contribution < -0.4 is 10.3 Å². The van der Waals surface area contributed by atoms with Gasteiger partial charge >= 0.3 is 0 Å². The number of carbonyl (C=O) groups excluding carboxylic acids is 1. The summed E-state index contributed by atoms with van der Waals surface area (Å²) >= 11 is 1.72. The smallest absolute Gasteiger partial charge is 0.248 e. The average molecular weight is 475 g/mol. The van der Waals surface area contributed by atoms with E-state index >= 15 is 0 Å². The van der Waals surface area contributed by atoms with Crippen LogP contribution in [0.2, 0.25) is 0 Å². The third-order valence-electron chi connectivity index (χ3n) is 6.55. The van der Waals surface area contributed by atoms with Gasteiger partial charge in [-0.3, -0.25) is 9.59 Å². The quantitative estimate of drug-likeness (QED) is 0.336. The summed E-state index contributed by atoms with van der Waals surface area (Å²) in [5, 5.41) is 12.1. The van der Waals surface area contributed by atoms with Crippen molar-refractivity contribution in [1.29, 1.82) is 0 Å². The number of benzene rings is 1. The van der Waals surface area contributed by atoms with Gasteiger partial charge in [-0.1, -0.05) is 26.2 Å². The van der Waals surface area contributed by atoms with Crippen molar-refractivity contribution in [3.05, 3.63) is 40.7 Å². The Morgan fingerprint density at radius 1 is 1.21 bits per heavy atom. The summed E-state index contributed by atoms with van der Waals surface area (Å²) in [4.78, 5) is 29.0. The van der Waals surface area contributed by atoms with Gasteiger partial charge < -0.3 is 19.7 Å². The number of aromatic nitrogens is 1. The molecule has 7 heteroatoms. The van der Waals surface area contributed by atoms with Gasteiger partial charge in [-0.15, -0.1) is 0 Å². The fourth-order valence-corrected chi connectivity index (χ4v) is 4.86. The highest BCUT2D eigenvalue weighted by molar-refractivity contribution is 7.99. The van der Waals surface area contributed by atoms with E-state index in [1.165, 1.54) is 25.3 Å². The Labute approximate surface area is 201 Å². The van der Waals surface area contributed by atoms with Crippen LogP contribution in [0.3, 0.4) is 0 Å². The van der Waals surface area contributed by atoms with Gasteiger partial charge in [0.05, 0.1) is 6.61 Å². The Morgan fingerprint density at radius 3 is 2.76 bits per heavy atom. The van der Waals surface area contributed by atoms with Crippen LogP contribution in [0.1, 0.15) is 64.7 Å². The summed E-state index contributed by atoms with van der Waals surface area (Å²) in [6.45, 7) is 3.30. The second-order valence-corrected chi connectivity index (χ2v) is 10.5. The van der Waals surface area contributed by atoms with Crippen LogP contribution in [0.25, 0.3) is 10.9 Å². The molecule has 1 aliphatic carbocycles. The highest BCUT2D eigenvalue weighted by atomic mass is 32.2. The first-order valence-electron chi connectivity index (χ1n) is 12.2. The molecule has 0 spiro atoms. The van der Waals surface area contributed by atoms with Crippen molar-refractivity contribution in [2.45, 2.75) is 76.2 Å². The van der Waals surface area contributed by atoms with Crippen molar-refractivity contribution in [1.82, 2.24) is 9.88 Å². The third-order valence-corrected chi connectivity index (χ3v) is 7.55. The van der Waals surface area contributed by atoms with Gasteiger partial charge in [0.15, 0.2) is 0 Å². The molecule has 1 saturated carbocycles. The minimum atomic E-state index is -0.706. The van der Waals surface area contributed by atoms with Crippen molar-refractivity contribution in [2.75, 3.05) is 19.4 Å². The number of amides is 1. The maximum Gasteiger partial charge on any atom is 0.248 e. The van der Waals surface area contributed by atoms with Crippen LogP contribution in [0.15, 0.2) is 35.1 Å². The van der Waals surface area contributed by atoms with Crippen molar-refractivity contribution in [3.8, 4) is 5.75 Å². The number of fused-ring (bicyclic) bond motifs is 1. The van der Waals surface area contributed by atoms with Crippen LogP contribution in [0, 0.1) is 5.92 Å². The minimum absolute atomic E-state index is 0.0519. The van der Waals surface area contributed by atoms with Crippen LogP contribution >= 0.6 is 11.8 Å². The molecule has 2 unspecified atom stereocenters. The van der Waals surface area contributed by atoms with Crippen molar-refractivity contribution < 1.29 is 14.6 Å². The van der Waals surface area contributed by atoms with Crippen molar-refractivity contribution in [2.24, 2.45) is 5.92 Å². The number of H-pyrrole nitrogens is 1. The van der Waals surface area contributed by atoms with Gasteiger partial charge in [0.2, 0.25) is 11.5 Å². The second kappa shape index (κ2) is 13.0. The molecule has 182 valence electrons. The number of pyridine rings is 1. The molecule has 0 bridgehead atoms. The van der Waals surface area contributed by atoms with Crippen LogP contribution in [-0.4, -0.2) is 51.8 Å². The number of rotatable bonds is 12. The number of nitrogens with zero attached hydrogens (tertiary/aromatic N) is 1. The summed E-state index contributed by atoms with van der Waals surface area (Å²) in [7, 11) is 0. The number of aliphatic hydroxyl groups excluding tert-OH is 1. The molecular weight excluding hydrogens is 436 g/mol. The Bertz CT molecular complexity index is 941. The Hall–Kier alpha value is -1.99. The van der Waals surface area contributed by atoms with E-state index in [1.54, 1.807) is 22.7 Å². The van der Waals surface area contributed by atoms with E-state index in [-0.39, 0.29) is 11.5 Å². The zero-order valence-electron chi connectivity index (χ0n) is 19.9. The summed E-state index contributed by atoms with van der Waals surface area (Å²) in [6, 6.07) is 8.88. The molecule has 0 radical (unpaired) electrons. The molecular formula is C26H38N2O4S. The number of hydrogen-bond donors (Lipinski definition) is 2. The van der Waals surface area contributed by atoms with E-state index in [9.17, 15) is 14.7 Å². The van der Waals surface area contributed by atoms with Gasteiger partial charge in [0.1, 0.15) is 12.0 Å². The highest BCUT2D eigenvalue weighted by Gasteiger charge is 2.26. The summed E-state index contributed by atoms with van der Waals surface area (Å²) in [6.07, 6.45) is 9.92. The monoisotopic (exact) mass is 474 g/mol. The molecule has 1 heterocycles. The predicted molar refractivity (Wildman–Crippen MR) is 136 cm³/mol. The van der Waals surface area contributed by atoms with E-state index in [0.717, 1.165) is 42.3 Å². The molecule has 2 aromatic rings. The molecule has 2 atom stereocenters. The number of aliphatic hydroxyl groups is 1. The molecule has 1 aromatic carbocycles. The number of ether oxygens (including phenoxy) is 1. The van der Waals surface area contributed by atoms with Crippen LogP contribution in [-0.2, 0) is 4.79 Å². The van der Waals surface area contributed by atoms with Crippen LogP contribution in [0.4, 0.5) is 0 Å². The van der Waals surface area contributed by atoms with Gasteiger partial charge in [-0.2, -0.15) is 11.8 Å². The predicted octanol–water partition coefficient (Wildman–Crippen LogP) is 4.95. The summed E-state index contributed by atoms with van der Waals surface area (Å²) in [5.41, 5.74) is 0.666. The van der Waals surface area contributed by atoms with E-state index in [4.69, 9.17) is 4.74 Å². The molecule has 3 rings (SSSR count).